The van der Waals surface area contributed by atoms with Gasteiger partial charge >= 0.3 is 6.18 Å². The highest BCUT2D eigenvalue weighted by molar-refractivity contribution is 6.30. The fourth-order valence-electron chi connectivity index (χ4n) is 1.28. The van der Waals surface area contributed by atoms with Gasteiger partial charge in [-0.05, 0) is 12.1 Å². The van der Waals surface area contributed by atoms with Gasteiger partial charge in [0.1, 0.15) is 5.82 Å². The van der Waals surface area contributed by atoms with Crippen molar-refractivity contribution in [3.63, 3.8) is 0 Å². The second kappa shape index (κ2) is 3.03. The van der Waals surface area contributed by atoms with Crippen LogP contribution in [-0.2, 0) is 6.18 Å². The smallest absolute Gasteiger partial charge is 0.382 e. The molecule has 2 aromatic rings. The third-order valence-electron chi connectivity index (χ3n) is 1.88. The molecule has 2 heterocycles. The minimum Gasteiger partial charge on any atom is -0.382 e. The Kier molecular flexibility index (Phi) is 2.04. The first-order chi connectivity index (χ1) is 6.89. The summed E-state index contributed by atoms with van der Waals surface area (Å²) in [6, 6.07) is 2.84. The number of nitrogens with two attached hydrogens (primary N) is 1. The molecular formula is C8H5ClF3N3. The minimum absolute atomic E-state index is 0.168. The number of nitrogen functional groups attached to an aromatic ring is 1. The Morgan fingerprint density at radius 1 is 1.33 bits per heavy atom. The van der Waals surface area contributed by atoms with Gasteiger partial charge in [-0.15, -0.1) is 0 Å². The molecule has 0 saturated carbocycles. The molecule has 0 aromatic carbocycles. The summed E-state index contributed by atoms with van der Waals surface area (Å²) in [4.78, 5) is 3.26. The van der Waals surface area contributed by atoms with Crippen LogP contribution < -0.4 is 5.73 Å². The lowest BCUT2D eigenvalue weighted by Crippen LogP contribution is -2.10. The van der Waals surface area contributed by atoms with Crippen LogP contribution in [0.1, 0.15) is 5.82 Å². The molecule has 0 aliphatic rings. The van der Waals surface area contributed by atoms with E-state index in [4.69, 9.17) is 17.3 Å². The number of hydrogen-bond acceptors (Lipinski definition) is 2. The number of hydrogen-bond donors (Lipinski definition) is 1. The highest BCUT2D eigenvalue weighted by atomic mass is 35.5. The highest BCUT2D eigenvalue weighted by Gasteiger charge is 2.36. The number of rotatable bonds is 0. The van der Waals surface area contributed by atoms with E-state index in [0.717, 1.165) is 10.6 Å². The quantitative estimate of drug-likeness (QED) is 0.763. The Balaban J connectivity index is 2.81. The SMILES string of the molecule is Nc1nc(C(F)(F)F)n2cc(Cl)ccc12. The predicted octanol–water partition coefficient (Wildman–Crippen LogP) is 2.59. The summed E-state index contributed by atoms with van der Waals surface area (Å²) < 4.78 is 38.3. The second-order valence-corrected chi connectivity index (χ2v) is 3.36. The summed E-state index contributed by atoms with van der Waals surface area (Å²) in [5.74, 6) is -1.24. The van der Waals surface area contributed by atoms with Gasteiger partial charge in [0, 0.05) is 6.20 Å². The van der Waals surface area contributed by atoms with E-state index in [9.17, 15) is 13.2 Å². The average molecular weight is 236 g/mol. The van der Waals surface area contributed by atoms with Crippen LogP contribution in [0.3, 0.4) is 0 Å². The summed E-state index contributed by atoms with van der Waals surface area (Å²) in [7, 11) is 0. The van der Waals surface area contributed by atoms with Crippen molar-refractivity contribution < 1.29 is 13.2 Å². The largest absolute Gasteiger partial charge is 0.450 e. The van der Waals surface area contributed by atoms with Gasteiger partial charge in [-0.25, -0.2) is 4.98 Å². The lowest BCUT2D eigenvalue weighted by Gasteiger charge is -2.04. The maximum absolute atomic E-state index is 12.5. The van der Waals surface area contributed by atoms with Crippen LogP contribution in [0.5, 0.6) is 0 Å². The van der Waals surface area contributed by atoms with Crippen molar-refractivity contribution in [1.29, 1.82) is 0 Å². The first-order valence-corrected chi connectivity index (χ1v) is 4.27. The van der Waals surface area contributed by atoms with Gasteiger partial charge in [-0.3, -0.25) is 4.40 Å². The molecular weight excluding hydrogens is 231 g/mol. The molecule has 0 unspecified atom stereocenters. The van der Waals surface area contributed by atoms with Crippen molar-refractivity contribution >= 4 is 22.9 Å². The first-order valence-electron chi connectivity index (χ1n) is 3.90. The first kappa shape index (κ1) is 10.1. The van der Waals surface area contributed by atoms with E-state index < -0.39 is 12.0 Å². The van der Waals surface area contributed by atoms with Crippen LogP contribution >= 0.6 is 11.6 Å². The Bertz CT molecular complexity index is 518. The van der Waals surface area contributed by atoms with Gasteiger partial charge in [-0.2, -0.15) is 13.2 Å². The van der Waals surface area contributed by atoms with Gasteiger partial charge in [0.15, 0.2) is 0 Å². The van der Waals surface area contributed by atoms with Crippen LogP contribution in [0.2, 0.25) is 5.02 Å². The number of imidazole rings is 1. The second-order valence-electron chi connectivity index (χ2n) is 2.92. The van der Waals surface area contributed by atoms with E-state index >= 15 is 0 Å². The average Bonchev–Trinajstić information content (AvgIpc) is 2.42. The lowest BCUT2D eigenvalue weighted by atomic mass is 10.4. The molecule has 2 rings (SSSR count). The molecule has 2 aromatic heterocycles. The van der Waals surface area contributed by atoms with Crippen molar-refractivity contribution in [3.8, 4) is 0 Å². The van der Waals surface area contributed by atoms with Crippen LogP contribution in [0.25, 0.3) is 5.52 Å². The van der Waals surface area contributed by atoms with Crippen LogP contribution in [0.4, 0.5) is 19.0 Å². The molecule has 7 heteroatoms. The van der Waals surface area contributed by atoms with Gasteiger partial charge in [-0.1, -0.05) is 11.6 Å². The lowest BCUT2D eigenvalue weighted by molar-refractivity contribution is -0.145. The standard InChI is InChI=1S/C8H5ClF3N3/c9-4-1-2-5-6(13)14-7(8(10,11)12)15(5)3-4/h1-3H,13H2. The fraction of sp³-hybridized carbons (Fsp3) is 0.125. The number of fused-ring (bicyclic) bond motifs is 1. The molecule has 0 spiro atoms. The molecule has 3 nitrogen and oxygen atoms in total. The summed E-state index contributed by atoms with van der Waals surface area (Å²) in [6.07, 6.45) is -3.42. The zero-order valence-electron chi connectivity index (χ0n) is 7.22. The normalized spacial score (nSPS) is 12.3. The number of alkyl halides is 3. The predicted molar refractivity (Wildman–Crippen MR) is 49.6 cm³/mol. The van der Waals surface area contributed by atoms with E-state index in [1.807, 2.05) is 0 Å². The number of halogens is 4. The van der Waals surface area contributed by atoms with Crippen LogP contribution in [-0.4, -0.2) is 9.38 Å². The Morgan fingerprint density at radius 3 is 2.60 bits per heavy atom. The van der Waals surface area contributed by atoms with E-state index in [1.165, 1.54) is 12.1 Å². The minimum atomic E-state index is -4.55. The summed E-state index contributed by atoms with van der Waals surface area (Å²) in [5.41, 5.74) is 5.54. The molecule has 0 radical (unpaired) electrons. The number of aromatic nitrogens is 2. The van der Waals surface area contributed by atoms with Gasteiger partial charge in [0.05, 0.1) is 10.5 Å². The molecule has 0 bridgehead atoms. The van der Waals surface area contributed by atoms with Crippen molar-refractivity contribution in [2.24, 2.45) is 0 Å². The molecule has 0 amide bonds. The Labute approximate surface area is 87.3 Å². The van der Waals surface area contributed by atoms with Crippen molar-refractivity contribution in [1.82, 2.24) is 9.38 Å². The topological polar surface area (TPSA) is 43.3 Å². The molecule has 0 atom stereocenters. The van der Waals surface area contributed by atoms with Crippen molar-refractivity contribution in [2.45, 2.75) is 6.18 Å². The van der Waals surface area contributed by atoms with E-state index in [2.05, 4.69) is 4.98 Å². The molecule has 80 valence electrons. The maximum atomic E-state index is 12.5. The summed E-state index contributed by atoms with van der Waals surface area (Å²) >= 11 is 5.59. The number of nitrogens with zero attached hydrogens (tertiary/aromatic N) is 2. The summed E-state index contributed by atoms with van der Waals surface area (Å²) in [6.45, 7) is 0. The number of anilines is 1. The van der Waals surface area contributed by atoms with Gasteiger partial charge < -0.3 is 5.73 Å². The van der Waals surface area contributed by atoms with Gasteiger partial charge in [0.2, 0.25) is 5.82 Å². The van der Waals surface area contributed by atoms with E-state index in [0.29, 0.717) is 0 Å². The Morgan fingerprint density at radius 2 is 2.00 bits per heavy atom. The highest BCUT2D eigenvalue weighted by Crippen LogP contribution is 2.31. The molecule has 15 heavy (non-hydrogen) atoms. The zero-order valence-corrected chi connectivity index (χ0v) is 7.97. The van der Waals surface area contributed by atoms with Crippen molar-refractivity contribution in [2.75, 3.05) is 5.73 Å². The maximum Gasteiger partial charge on any atom is 0.450 e. The molecule has 0 saturated heterocycles. The molecule has 2 N–H and O–H groups in total. The Hall–Kier alpha value is -1.43. The number of pyridine rings is 1. The molecule has 0 aliphatic heterocycles. The molecule has 0 aliphatic carbocycles. The van der Waals surface area contributed by atoms with E-state index in [1.54, 1.807) is 0 Å². The van der Waals surface area contributed by atoms with Crippen molar-refractivity contribution in [3.05, 3.63) is 29.2 Å². The fourth-order valence-corrected chi connectivity index (χ4v) is 1.44. The monoisotopic (exact) mass is 235 g/mol. The molecule has 0 fully saturated rings. The van der Waals surface area contributed by atoms with Crippen LogP contribution in [0, 0.1) is 0 Å². The van der Waals surface area contributed by atoms with E-state index in [-0.39, 0.29) is 16.4 Å². The zero-order chi connectivity index (χ0) is 11.2. The summed E-state index contributed by atoms with van der Waals surface area (Å²) in [5, 5.41) is 0.186. The van der Waals surface area contributed by atoms with Crippen LogP contribution in [0.15, 0.2) is 18.3 Å². The third kappa shape index (κ3) is 1.61. The third-order valence-corrected chi connectivity index (χ3v) is 2.11. The van der Waals surface area contributed by atoms with Gasteiger partial charge in [0.25, 0.3) is 0 Å².